The van der Waals surface area contributed by atoms with E-state index < -0.39 is 0 Å². The Morgan fingerprint density at radius 2 is 1.62 bits per heavy atom. The van der Waals surface area contributed by atoms with Crippen molar-refractivity contribution in [2.45, 2.75) is 91.9 Å². The minimum absolute atomic E-state index is 0.110. The molecule has 0 aromatic heterocycles. The van der Waals surface area contributed by atoms with Crippen LogP contribution < -0.4 is 9.47 Å². The number of fused-ring (bicyclic) bond motifs is 2. The number of benzene rings is 1. The van der Waals surface area contributed by atoms with E-state index in [9.17, 15) is 0 Å². The zero-order valence-corrected chi connectivity index (χ0v) is 20.1. The normalized spacial score (nSPS) is 25.2. The zero-order chi connectivity index (χ0) is 21.4. The minimum atomic E-state index is 0.110. The molecule has 2 heteroatoms. The Hall–Kier alpha value is -1.44. The van der Waals surface area contributed by atoms with Gasteiger partial charge in [-0.15, -0.1) is 0 Å². The molecule has 1 aromatic rings. The predicted molar refractivity (Wildman–Crippen MR) is 124 cm³/mol. The molecule has 0 unspecified atom stereocenters. The molecule has 3 rings (SSSR count). The average Bonchev–Trinajstić information content (AvgIpc) is 3.03. The summed E-state index contributed by atoms with van der Waals surface area (Å²) in [5.74, 6) is 2.58. The molecule has 2 nitrogen and oxygen atoms in total. The first-order valence-electron chi connectivity index (χ1n) is 11.6. The number of hydrogen-bond acceptors (Lipinski definition) is 2. The first-order chi connectivity index (χ1) is 13.6. The quantitative estimate of drug-likeness (QED) is 0.395. The van der Waals surface area contributed by atoms with Gasteiger partial charge in [0.1, 0.15) is 11.5 Å². The van der Waals surface area contributed by atoms with Gasteiger partial charge in [0.25, 0.3) is 0 Å². The fraction of sp³-hybridized carbons (Fsp3) is 0.704. The van der Waals surface area contributed by atoms with E-state index in [1.54, 1.807) is 14.2 Å². The molecule has 1 aromatic carbocycles. The lowest BCUT2D eigenvalue weighted by molar-refractivity contribution is 0.189. The maximum Gasteiger partial charge on any atom is 0.130 e. The van der Waals surface area contributed by atoms with Crippen LogP contribution in [0.2, 0.25) is 0 Å². The van der Waals surface area contributed by atoms with Crippen molar-refractivity contribution in [2.24, 2.45) is 16.7 Å². The molecule has 2 atom stereocenters. The second-order valence-corrected chi connectivity index (χ2v) is 10.7. The van der Waals surface area contributed by atoms with Gasteiger partial charge < -0.3 is 9.47 Å². The first kappa shape index (κ1) is 22.2. The molecule has 0 amide bonds. The Bertz CT molecular complexity index is 746. The van der Waals surface area contributed by atoms with E-state index in [1.807, 2.05) is 0 Å². The van der Waals surface area contributed by atoms with E-state index in [0.717, 1.165) is 11.5 Å². The van der Waals surface area contributed by atoms with Crippen LogP contribution in [0.25, 0.3) is 5.57 Å². The average molecular weight is 399 g/mol. The highest BCUT2D eigenvalue weighted by Gasteiger charge is 2.58. The van der Waals surface area contributed by atoms with Crippen LogP contribution in [0, 0.1) is 16.7 Å². The number of unbranched alkanes of at least 4 members (excludes halogenated alkanes) is 3. The summed E-state index contributed by atoms with van der Waals surface area (Å²) in [5.41, 5.74) is 4.50. The van der Waals surface area contributed by atoms with Gasteiger partial charge in [-0.25, -0.2) is 0 Å². The van der Waals surface area contributed by atoms with Gasteiger partial charge in [0, 0.05) is 0 Å². The molecule has 0 N–H and O–H groups in total. The van der Waals surface area contributed by atoms with Crippen LogP contribution >= 0.6 is 0 Å². The maximum absolute atomic E-state index is 5.98. The SMILES string of the molecule is CCCCCCC(C)(C)c1cc(OC)c(C2=C[C@@H]3CC[C@@]2(C)C3(C)C)c(OC)c1. The van der Waals surface area contributed by atoms with Crippen LogP contribution in [0.5, 0.6) is 11.5 Å². The van der Waals surface area contributed by atoms with Crippen LogP contribution in [-0.2, 0) is 5.41 Å². The number of methoxy groups -OCH3 is 2. The molecular weight excluding hydrogens is 356 g/mol. The van der Waals surface area contributed by atoms with Gasteiger partial charge in [-0.05, 0) is 64.7 Å². The van der Waals surface area contributed by atoms with Crippen LogP contribution in [-0.4, -0.2) is 14.2 Å². The highest BCUT2D eigenvalue weighted by Crippen LogP contribution is 2.69. The number of rotatable bonds is 9. The lowest BCUT2D eigenvalue weighted by Gasteiger charge is -2.38. The molecule has 2 bridgehead atoms. The van der Waals surface area contributed by atoms with Crippen molar-refractivity contribution in [1.82, 2.24) is 0 Å². The number of allylic oxidation sites excluding steroid dienone is 2. The lowest BCUT2D eigenvalue weighted by Crippen LogP contribution is -2.30. The van der Waals surface area contributed by atoms with E-state index in [1.165, 1.54) is 61.6 Å². The molecule has 1 fully saturated rings. The number of ether oxygens (including phenoxy) is 2. The van der Waals surface area contributed by atoms with Gasteiger partial charge in [0.2, 0.25) is 0 Å². The van der Waals surface area contributed by atoms with Crippen molar-refractivity contribution in [2.75, 3.05) is 14.2 Å². The summed E-state index contributed by atoms with van der Waals surface area (Å²) in [7, 11) is 3.61. The first-order valence-corrected chi connectivity index (χ1v) is 11.6. The minimum Gasteiger partial charge on any atom is -0.496 e. The summed E-state index contributed by atoms with van der Waals surface area (Å²) in [5, 5.41) is 0. The lowest BCUT2D eigenvalue weighted by atomic mass is 9.66. The van der Waals surface area contributed by atoms with Crippen molar-refractivity contribution in [3.05, 3.63) is 29.3 Å². The molecular formula is C27H42O2. The van der Waals surface area contributed by atoms with Gasteiger partial charge >= 0.3 is 0 Å². The van der Waals surface area contributed by atoms with Crippen LogP contribution in [0.15, 0.2) is 18.2 Å². The van der Waals surface area contributed by atoms with Crippen LogP contribution in [0.4, 0.5) is 0 Å². The summed E-state index contributed by atoms with van der Waals surface area (Å²) in [6.45, 7) is 14.3. The summed E-state index contributed by atoms with van der Waals surface area (Å²) in [6, 6.07) is 4.56. The Morgan fingerprint density at radius 3 is 2.07 bits per heavy atom. The Morgan fingerprint density at radius 1 is 1.00 bits per heavy atom. The van der Waals surface area contributed by atoms with E-state index in [-0.39, 0.29) is 16.2 Å². The van der Waals surface area contributed by atoms with Crippen molar-refractivity contribution < 1.29 is 9.47 Å². The van der Waals surface area contributed by atoms with Crippen molar-refractivity contribution >= 4 is 5.57 Å². The van der Waals surface area contributed by atoms with Gasteiger partial charge in [-0.3, -0.25) is 0 Å². The Labute approximate surface area is 179 Å². The van der Waals surface area contributed by atoms with Gasteiger partial charge in [0.05, 0.1) is 19.8 Å². The molecule has 29 heavy (non-hydrogen) atoms. The smallest absolute Gasteiger partial charge is 0.130 e. The third-order valence-corrected chi connectivity index (χ3v) is 8.48. The molecule has 0 heterocycles. The second-order valence-electron chi connectivity index (χ2n) is 10.7. The molecule has 0 aliphatic heterocycles. The zero-order valence-electron chi connectivity index (χ0n) is 20.1. The van der Waals surface area contributed by atoms with Crippen molar-refractivity contribution in [1.29, 1.82) is 0 Å². The Balaban J connectivity index is 2.00. The molecule has 1 saturated carbocycles. The monoisotopic (exact) mass is 398 g/mol. The maximum atomic E-state index is 5.98. The van der Waals surface area contributed by atoms with Crippen LogP contribution in [0.1, 0.15) is 97.6 Å². The second kappa shape index (κ2) is 8.00. The molecule has 2 aliphatic carbocycles. The van der Waals surface area contributed by atoms with Crippen molar-refractivity contribution in [3.63, 3.8) is 0 Å². The molecule has 2 aliphatic rings. The number of hydrogen-bond donors (Lipinski definition) is 0. The van der Waals surface area contributed by atoms with Gasteiger partial charge in [0.15, 0.2) is 0 Å². The summed E-state index contributed by atoms with van der Waals surface area (Å²) >= 11 is 0. The predicted octanol–water partition coefficient (Wildman–Crippen LogP) is 7.79. The standard InChI is InChI=1S/C27H42O2/c1-9-10-11-12-14-25(2,3)20-17-22(28-7)24(23(18-20)29-8)21-16-19-13-15-27(21,6)26(19,4)5/h16-19H,9-15H2,1-8H3/t19-,27+/m0/s1. The van der Waals surface area contributed by atoms with E-state index >= 15 is 0 Å². The van der Waals surface area contributed by atoms with E-state index in [4.69, 9.17) is 9.47 Å². The molecule has 162 valence electrons. The Kier molecular flexibility index (Phi) is 6.14. The van der Waals surface area contributed by atoms with Gasteiger partial charge in [-0.1, -0.05) is 73.3 Å². The van der Waals surface area contributed by atoms with Gasteiger partial charge in [-0.2, -0.15) is 0 Å². The summed E-state index contributed by atoms with van der Waals surface area (Å²) < 4.78 is 12.0. The highest BCUT2D eigenvalue weighted by molar-refractivity contribution is 5.82. The fourth-order valence-electron chi connectivity index (χ4n) is 5.76. The fourth-order valence-corrected chi connectivity index (χ4v) is 5.76. The molecule has 0 radical (unpaired) electrons. The largest absolute Gasteiger partial charge is 0.496 e. The van der Waals surface area contributed by atoms with Crippen LogP contribution in [0.3, 0.4) is 0 Å². The van der Waals surface area contributed by atoms with E-state index in [2.05, 4.69) is 59.8 Å². The molecule has 0 spiro atoms. The third-order valence-electron chi connectivity index (χ3n) is 8.48. The van der Waals surface area contributed by atoms with E-state index in [0.29, 0.717) is 5.92 Å². The van der Waals surface area contributed by atoms with Crippen molar-refractivity contribution in [3.8, 4) is 11.5 Å². The topological polar surface area (TPSA) is 18.5 Å². The third kappa shape index (κ3) is 3.62. The summed E-state index contributed by atoms with van der Waals surface area (Å²) in [6.07, 6.45) is 11.4. The molecule has 0 saturated heterocycles. The highest BCUT2D eigenvalue weighted by atomic mass is 16.5. The summed E-state index contributed by atoms with van der Waals surface area (Å²) in [4.78, 5) is 0.